The van der Waals surface area contributed by atoms with Gasteiger partial charge in [-0.1, -0.05) is 12.1 Å². The average molecular weight is 385 g/mol. The number of nitrogens with zero attached hydrogens (tertiary/aromatic N) is 4. The molecule has 0 aliphatic carbocycles. The van der Waals surface area contributed by atoms with Crippen molar-refractivity contribution in [2.24, 2.45) is 5.73 Å². The highest BCUT2D eigenvalue weighted by Crippen LogP contribution is 2.30. The largest absolute Gasteiger partial charge is 0.504 e. The van der Waals surface area contributed by atoms with E-state index in [1.165, 1.54) is 7.11 Å². The van der Waals surface area contributed by atoms with Gasteiger partial charge >= 0.3 is 0 Å². The third-order valence-corrected chi connectivity index (χ3v) is 4.31. The highest BCUT2D eigenvalue weighted by atomic mass is 16.5. The van der Waals surface area contributed by atoms with Gasteiger partial charge in [0.05, 0.1) is 13.4 Å². The highest BCUT2D eigenvalue weighted by molar-refractivity contribution is 5.84. The maximum absolute atomic E-state index is 10.3. The van der Waals surface area contributed by atoms with Gasteiger partial charge in [0.15, 0.2) is 28.5 Å². The van der Waals surface area contributed by atoms with E-state index in [4.69, 9.17) is 10.5 Å². The molecular formula is C19H27N7O2. The number of fused-ring (bicyclic) bond motifs is 1. The van der Waals surface area contributed by atoms with Gasteiger partial charge in [-0.05, 0) is 26.8 Å². The molecule has 0 spiro atoms. The Labute approximate surface area is 164 Å². The molecule has 1 unspecified atom stereocenters. The first-order valence-corrected chi connectivity index (χ1v) is 9.23. The Morgan fingerprint density at radius 3 is 2.68 bits per heavy atom. The maximum atomic E-state index is 10.3. The molecule has 3 aromatic rings. The Hall–Kier alpha value is -3.07. The lowest BCUT2D eigenvalue weighted by Crippen LogP contribution is -2.26. The molecule has 0 bridgehead atoms. The van der Waals surface area contributed by atoms with Crippen molar-refractivity contribution in [1.29, 1.82) is 0 Å². The van der Waals surface area contributed by atoms with Crippen molar-refractivity contribution < 1.29 is 9.84 Å². The SMILES string of the molecule is COc1cccc(CNc2nc(NCC(C)N)nc3c2ncn3C(C)C)c1O. The number of nitrogens with two attached hydrogens (primary N) is 1. The fourth-order valence-corrected chi connectivity index (χ4v) is 2.80. The minimum atomic E-state index is -0.0283. The Morgan fingerprint density at radius 2 is 2.00 bits per heavy atom. The summed E-state index contributed by atoms with van der Waals surface area (Å²) in [7, 11) is 1.52. The van der Waals surface area contributed by atoms with Crippen molar-refractivity contribution in [2.75, 3.05) is 24.3 Å². The van der Waals surface area contributed by atoms with Gasteiger partial charge in [-0.2, -0.15) is 9.97 Å². The van der Waals surface area contributed by atoms with Crippen molar-refractivity contribution in [3.8, 4) is 11.5 Å². The van der Waals surface area contributed by atoms with Gasteiger partial charge in [0.25, 0.3) is 0 Å². The van der Waals surface area contributed by atoms with E-state index in [1.807, 2.05) is 23.6 Å². The lowest BCUT2D eigenvalue weighted by molar-refractivity contribution is 0.371. The Kier molecular flexibility index (Phi) is 5.84. The van der Waals surface area contributed by atoms with E-state index in [9.17, 15) is 5.11 Å². The molecule has 0 saturated heterocycles. The summed E-state index contributed by atoms with van der Waals surface area (Å²) in [5.41, 5.74) is 7.93. The zero-order chi connectivity index (χ0) is 20.3. The summed E-state index contributed by atoms with van der Waals surface area (Å²) in [6.07, 6.45) is 1.76. The van der Waals surface area contributed by atoms with Crippen LogP contribution >= 0.6 is 0 Å². The fourth-order valence-electron chi connectivity index (χ4n) is 2.80. The average Bonchev–Trinajstić information content (AvgIpc) is 3.09. The summed E-state index contributed by atoms with van der Waals surface area (Å²) in [6, 6.07) is 5.54. The number of hydrogen-bond donors (Lipinski definition) is 4. The first-order chi connectivity index (χ1) is 13.4. The molecule has 3 rings (SSSR count). The van der Waals surface area contributed by atoms with Crippen LogP contribution in [0, 0.1) is 0 Å². The first-order valence-electron chi connectivity index (χ1n) is 9.23. The molecule has 0 saturated carbocycles. The number of aromatic hydroxyl groups is 1. The summed E-state index contributed by atoms with van der Waals surface area (Å²) in [5.74, 6) is 1.59. The Bertz CT molecular complexity index is 953. The number of anilines is 2. The molecule has 2 aromatic heterocycles. The van der Waals surface area contributed by atoms with Crippen LogP contribution in [0.1, 0.15) is 32.4 Å². The predicted molar refractivity (Wildman–Crippen MR) is 110 cm³/mol. The van der Waals surface area contributed by atoms with Gasteiger partial charge in [-0.25, -0.2) is 4.98 Å². The monoisotopic (exact) mass is 385 g/mol. The van der Waals surface area contributed by atoms with Crippen LogP contribution in [0.2, 0.25) is 0 Å². The number of rotatable bonds is 8. The maximum Gasteiger partial charge on any atom is 0.226 e. The van der Waals surface area contributed by atoms with Crippen LogP contribution in [0.3, 0.4) is 0 Å². The number of phenolic OH excluding ortho intramolecular Hbond substituents is 1. The van der Waals surface area contributed by atoms with Crippen LogP contribution in [0.15, 0.2) is 24.5 Å². The summed E-state index contributed by atoms with van der Waals surface area (Å²) in [4.78, 5) is 13.6. The van der Waals surface area contributed by atoms with Crippen LogP contribution in [0.4, 0.5) is 11.8 Å². The number of para-hydroxylation sites is 1. The molecule has 5 N–H and O–H groups in total. The number of hydrogen-bond acceptors (Lipinski definition) is 8. The van der Waals surface area contributed by atoms with Gasteiger partial charge in [0.2, 0.25) is 5.95 Å². The number of nitrogens with one attached hydrogen (secondary N) is 2. The van der Waals surface area contributed by atoms with E-state index >= 15 is 0 Å². The van der Waals surface area contributed by atoms with Crippen molar-refractivity contribution >= 4 is 22.9 Å². The third kappa shape index (κ3) is 4.09. The second-order valence-corrected chi connectivity index (χ2v) is 6.99. The van der Waals surface area contributed by atoms with E-state index in [1.54, 1.807) is 12.4 Å². The third-order valence-electron chi connectivity index (χ3n) is 4.31. The minimum absolute atomic E-state index is 0.0283. The van der Waals surface area contributed by atoms with E-state index in [0.717, 1.165) is 5.65 Å². The Balaban J connectivity index is 1.94. The van der Waals surface area contributed by atoms with Crippen LogP contribution in [-0.4, -0.2) is 44.3 Å². The number of imidazole rings is 1. The fraction of sp³-hybridized carbons (Fsp3) is 0.421. The first kappa shape index (κ1) is 19.7. The second kappa shape index (κ2) is 8.30. The van der Waals surface area contributed by atoms with E-state index in [-0.39, 0.29) is 17.8 Å². The van der Waals surface area contributed by atoms with Gasteiger partial charge in [-0.15, -0.1) is 0 Å². The van der Waals surface area contributed by atoms with Gasteiger partial charge in [0.1, 0.15) is 0 Å². The standard InChI is InChI=1S/C19H27N7O2/c1-11(2)26-10-23-15-17(24-19(25-18(15)26)22-8-12(3)20)21-9-13-6-5-7-14(28-4)16(13)27/h5-7,10-12,27H,8-9,20H2,1-4H3,(H2,21,22,24,25). The summed E-state index contributed by atoms with van der Waals surface area (Å²) in [6.45, 7) is 6.96. The predicted octanol–water partition coefficient (Wildman–Crippen LogP) is 2.49. The van der Waals surface area contributed by atoms with Gasteiger partial charge in [-0.3, -0.25) is 0 Å². The number of phenols is 1. The molecule has 0 aliphatic rings. The lowest BCUT2D eigenvalue weighted by atomic mass is 10.2. The molecule has 1 atom stereocenters. The molecule has 0 amide bonds. The molecule has 1 aromatic carbocycles. The molecule has 9 heteroatoms. The minimum Gasteiger partial charge on any atom is -0.504 e. The number of methoxy groups -OCH3 is 1. The molecule has 0 fully saturated rings. The summed E-state index contributed by atoms with van der Waals surface area (Å²) >= 11 is 0. The normalized spacial score (nSPS) is 12.4. The molecule has 28 heavy (non-hydrogen) atoms. The number of aromatic nitrogens is 4. The molecule has 9 nitrogen and oxygen atoms in total. The topological polar surface area (TPSA) is 123 Å². The zero-order valence-electron chi connectivity index (χ0n) is 16.6. The van der Waals surface area contributed by atoms with E-state index < -0.39 is 0 Å². The van der Waals surface area contributed by atoms with Crippen molar-refractivity contribution in [3.63, 3.8) is 0 Å². The molecule has 0 radical (unpaired) electrons. The number of ether oxygens (including phenoxy) is 1. The van der Waals surface area contributed by atoms with Crippen LogP contribution < -0.4 is 21.1 Å². The van der Waals surface area contributed by atoms with Crippen molar-refractivity contribution in [3.05, 3.63) is 30.1 Å². The summed E-state index contributed by atoms with van der Waals surface area (Å²) < 4.78 is 7.16. The second-order valence-electron chi connectivity index (χ2n) is 6.99. The quantitative estimate of drug-likeness (QED) is 0.466. The highest BCUT2D eigenvalue weighted by Gasteiger charge is 2.16. The van der Waals surface area contributed by atoms with Crippen LogP contribution in [0.25, 0.3) is 11.2 Å². The molecule has 150 valence electrons. The molecule has 2 heterocycles. The number of benzene rings is 1. The molecular weight excluding hydrogens is 358 g/mol. The Morgan fingerprint density at radius 1 is 1.21 bits per heavy atom. The van der Waals surface area contributed by atoms with Crippen LogP contribution in [-0.2, 0) is 6.54 Å². The van der Waals surface area contributed by atoms with Gasteiger partial charge < -0.3 is 30.8 Å². The van der Waals surface area contributed by atoms with Crippen LogP contribution in [0.5, 0.6) is 11.5 Å². The van der Waals surface area contributed by atoms with Crippen molar-refractivity contribution in [1.82, 2.24) is 19.5 Å². The summed E-state index contributed by atoms with van der Waals surface area (Å²) in [5, 5.41) is 16.7. The van der Waals surface area contributed by atoms with E-state index in [2.05, 4.69) is 39.4 Å². The van der Waals surface area contributed by atoms with E-state index in [0.29, 0.717) is 41.7 Å². The lowest BCUT2D eigenvalue weighted by Gasteiger charge is -2.14. The smallest absolute Gasteiger partial charge is 0.226 e. The zero-order valence-corrected chi connectivity index (χ0v) is 16.6. The van der Waals surface area contributed by atoms with Gasteiger partial charge in [0, 0.05) is 30.7 Å². The molecule has 0 aliphatic heterocycles. The van der Waals surface area contributed by atoms with Crippen molar-refractivity contribution in [2.45, 2.75) is 39.4 Å².